The Morgan fingerprint density at radius 1 is 1.31 bits per heavy atom. The number of carbonyl (C=O) groups excluding carboxylic acids is 2. The Kier molecular flexibility index (Phi) is 4.33. The second-order valence-corrected chi connectivity index (χ2v) is 5.23. The standard InChI is InChI=1S/C12H21NO3/c1-12(2,3)16-11(15)13-8-6-4-5-7-10(13)9-14/h9-10H,4-8H2,1-3H3/t10-/m0/s1. The fraction of sp³-hybridized carbons (Fsp3) is 0.833. The van der Waals surface area contributed by atoms with Gasteiger partial charge in [-0.2, -0.15) is 0 Å². The van der Waals surface area contributed by atoms with Crippen molar-refractivity contribution in [3.05, 3.63) is 0 Å². The Bertz CT molecular complexity index is 257. The minimum absolute atomic E-state index is 0.308. The van der Waals surface area contributed by atoms with E-state index in [-0.39, 0.29) is 12.1 Å². The molecule has 16 heavy (non-hydrogen) atoms. The molecule has 0 aromatic carbocycles. The number of hydrogen-bond donors (Lipinski definition) is 0. The minimum atomic E-state index is -0.503. The topological polar surface area (TPSA) is 46.6 Å². The van der Waals surface area contributed by atoms with Crippen molar-refractivity contribution < 1.29 is 14.3 Å². The predicted octanol–water partition coefficient (Wildman–Crippen LogP) is 2.37. The van der Waals surface area contributed by atoms with Crippen LogP contribution in [0.5, 0.6) is 0 Å². The number of carbonyl (C=O) groups is 2. The summed E-state index contributed by atoms with van der Waals surface area (Å²) < 4.78 is 5.29. The summed E-state index contributed by atoms with van der Waals surface area (Å²) in [5.74, 6) is 0. The molecule has 0 radical (unpaired) electrons. The molecule has 0 bridgehead atoms. The SMILES string of the molecule is CC(C)(C)OC(=O)N1CCCCC[C@H]1C=O. The fourth-order valence-electron chi connectivity index (χ4n) is 1.82. The van der Waals surface area contributed by atoms with Crippen LogP contribution in [0.25, 0.3) is 0 Å². The zero-order valence-electron chi connectivity index (χ0n) is 10.4. The molecule has 4 nitrogen and oxygen atoms in total. The Morgan fingerprint density at radius 2 is 2.00 bits per heavy atom. The minimum Gasteiger partial charge on any atom is -0.444 e. The smallest absolute Gasteiger partial charge is 0.410 e. The van der Waals surface area contributed by atoms with Crippen LogP contribution in [-0.2, 0) is 9.53 Å². The molecule has 0 saturated carbocycles. The van der Waals surface area contributed by atoms with Gasteiger partial charge in [-0.25, -0.2) is 4.79 Å². The molecule has 0 unspecified atom stereocenters. The third kappa shape index (κ3) is 3.83. The van der Waals surface area contributed by atoms with E-state index in [0.717, 1.165) is 32.0 Å². The zero-order chi connectivity index (χ0) is 12.2. The van der Waals surface area contributed by atoms with Crippen LogP contribution in [0, 0.1) is 0 Å². The summed E-state index contributed by atoms with van der Waals surface area (Å²) in [5, 5.41) is 0. The van der Waals surface area contributed by atoms with Gasteiger partial charge in [-0.3, -0.25) is 4.90 Å². The van der Waals surface area contributed by atoms with Crippen molar-refractivity contribution in [2.24, 2.45) is 0 Å². The highest BCUT2D eigenvalue weighted by Gasteiger charge is 2.28. The van der Waals surface area contributed by atoms with Gasteiger partial charge in [0.1, 0.15) is 11.9 Å². The lowest BCUT2D eigenvalue weighted by atomic mass is 10.1. The van der Waals surface area contributed by atoms with Crippen molar-refractivity contribution in [1.29, 1.82) is 0 Å². The maximum absolute atomic E-state index is 11.9. The van der Waals surface area contributed by atoms with Gasteiger partial charge in [-0.05, 0) is 33.6 Å². The van der Waals surface area contributed by atoms with Crippen molar-refractivity contribution in [3.63, 3.8) is 0 Å². The molecule has 1 aliphatic rings. The van der Waals surface area contributed by atoms with E-state index in [2.05, 4.69) is 0 Å². The molecule has 1 saturated heterocycles. The predicted molar refractivity (Wildman–Crippen MR) is 61.3 cm³/mol. The van der Waals surface area contributed by atoms with Crippen LogP contribution < -0.4 is 0 Å². The average molecular weight is 227 g/mol. The molecular formula is C12H21NO3. The van der Waals surface area contributed by atoms with Crippen LogP contribution >= 0.6 is 0 Å². The van der Waals surface area contributed by atoms with Crippen LogP contribution in [-0.4, -0.2) is 35.5 Å². The van der Waals surface area contributed by atoms with Gasteiger partial charge in [-0.15, -0.1) is 0 Å². The van der Waals surface area contributed by atoms with E-state index in [4.69, 9.17) is 4.74 Å². The average Bonchev–Trinajstić information content (AvgIpc) is 2.39. The van der Waals surface area contributed by atoms with Gasteiger partial charge in [0, 0.05) is 6.54 Å². The first-order chi connectivity index (χ1) is 7.44. The number of likely N-dealkylation sites (tertiary alicyclic amines) is 1. The van der Waals surface area contributed by atoms with Gasteiger partial charge in [-0.1, -0.05) is 12.8 Å². The van der Waals surface area contributed by atoms with E-state index >= 15 is 0 Å². The van der Waals surface area contributed by atoms with Crippen LogP contribution in [0.2, 0.25) is 0 Å². The van der Waals surface area contributed by atoms with Gasteiger partial charge < -0.3 is 9.53 Å². The number of rotatable bonds is 1. The summed E-state index contributed by atoms with van der Waals surface area (Å²) in [6, 6.07) is -0.308. The first kappa shape index (κ1) is 13.0. The summed E-state index contributed by atoms with van der Waals surface area (Å²) in [7, 11) is 0. The number of ether oxygens (including phenoxy) is 1. The van der Waals surface area contributed by atoms with Crippen molar-refractivity contribution >= 4 is 12.4 Å². The van der Waals surface area contributed by atoms with Gasteiger partial charge in [0.25, 0.3) is 0 Å². The highest BCUT2D eigenvalue weighted by molar-refractivity contribution is 5.73. The second-order valence-electron chi connectivity index (χ2n) is 5.23. The summed E-state index contributed by atoms with van der Waals surface area (Å²) in [6.07, 6.45) is 4.26. The molecule has 0 spiro atoms. The lowest BCUT2D eigenvalue weighted by Gasteiger charge is -2.29. The first-order valence-electron chi connectivity index (χ1n) is 5.89. The monoisotopic (exact) mass is 227 g/mol. The van der Waals surface area contributed by atoms with Gasteiger partial charge in [0.15, 0.2) is 0 Å². The Morgan fingerprint density at radius 3 is 2.56 bits per heavy atom. The lowest BCUT2D eigenvalue weighted by Crippen LogP contribution is -2.43. The molecule has 4 heteroatoms. The van der Waals surface area contributed by atoms with Crippen LogP contribution in [0.4, 0.5) is 4.79 Å². The molecule has 0 aromatic rings. The Balaban J connectivity index is 2.66. The number of amides is 1. The van der Waals surface area contributed by atoms with Crippen LogP contribution in [0.1, 0.15) is 46.5 Å². The molecule has 1 amide bonds. The van der Waals surface area contributed by atoms with Crippen molar-refractivity contribution in [1.82, 2.24) is 4.90 Å². The van der Waals surface area contributed by atoms with E-state index in [1.807, 2.05) is 20.8 Å². The van der Waals surface area contributed by atoms with E-state index < -0.39 is 5.60 Å². The van der Waals surface area contributed by atoms with E-state index in [0.29, 0.717) is 6.54 Å². The maximum atomic E-state index is 11.9. The quantitative estimate of drug-likeness (QED) is 0.646. The molecule has 1 fully saturated rings. The Labute approximate surface area is 96.9 Å². The fourth-order valence-corrected chi connectivity index (χ4v) is 1.82. The highest BCUT2D eigenvalue weighted by atomic mass is 16.6. The number of nitrogens with zero attached hydrogens (tertiary/aromatic N) is 1. The molecule has 92 valence electrons. The molecule has 1 atom stereocenters. The van der Waals surface area contributed by atoms with E-state index in [9.17, 15) is 9.59 Å². The van der Waals surface area contributed by atoms with Crippen molar-refractivity contribution in [2.45, 2.75) is 58.1 Å². The normalized spacial score (nSPS) is 22.4. The van der Waals surface area contributed by atoms with Crippen LogP contribution in [0.3, 0.4) is 0 Å². The molecule has 1 heterocycles. The van der Waals surface area contributed by atoms with Gasteiger partial charge >= 0.3 is 6.09 Å². The van der Waals surface area contributed by atoms with E-state index in [1.54, 1.807) is 4.90 Å². The Hall–Kier alpha value is -1.06. The van der Waals surface area contributed by atoms with Gasteiger partial charge in [0.2, 0.25) is 0 Å². The van der Waals surface area contributed by atoms with Crippen molar-refractivity contribution in [2.75, 3.05) is 6.54 Å². The van der Waals surface area contributed by atoms with Crippen LogP contribution in [0.15, 0.2) is 0 Å². The molecule has 0 aromatic heterocycles. The van der Waals surface area contributed by atoms with E-state index in [1.165, 1.54) is 0 Å². The lowest BCUT2D eigenvalue weighted by molar-refractivity contribution is -0.112. The maximum Gasteiger partial charge on any atom is 0.410 e. The van der Waals surface area contributed by atoms with Crippen molar-refractivity contribution in [3.8, 4) is 0 Å². The first-order valence-corrected chi connectivity index (χ1v) is 5.89. The number of aldehydes is 1. The third-order valence-electron chi connectivity index (χ3n) is 2.58. The van der Waals surface area contributed by atoms with Gasteiger partial charge in [0.05, 0.1) is 6.04 Å². The third-order valence-corrected chi connectivity index (χ3v) is 2.58. The summed E-state index contributed by atoms with van der Waals surface area (Å²) >= 11 is 0. The second kappa shape index (κ2) is 5.32. The molecule has 1 aliphatic heterocycles. The highest BCUT2D eigenvalue weighted by Crippen LogP contribution is 2.18. The molecular weight excluding hydrogens is 206 g/mol. The molecule has 0 aliphatic carbocycles. The number of hydrogen-bond acceptors (Lipinski definition) is 3. The molecule has 0 N–H and O–H groups in total. The molecule has 1 rings (SSSR count). The summed E-state index contributed by atoms with van der Waals surface area (Å²) in [6.45, 7) is 6.12. The summed E-state index contributed by atoms with van der Waals surface area (Å²) in [4.78, 5) is 24.4. The summed E-state index contributed by atoms with van der Waals surface area (Å²) in [5.41, 5.74) is -0.503. The zero-order valence-corrected chi connectivity index (χ0v) is 10.4. The largest absolute Gasteiger partial charge is 0.444 e.